The summed E-state index contributed by atoms with van der Waals surface area (Å²) in [6, 6.07) is 7.30. The van der Waals surface area contributed by atoms with Crippen molar-refractivity contribution in [1.82, 2.24) is 9.80 Å². The lowest BCUT2D eigenvalue weighted by atomic mass is 9.47. The number of hydrogen-bond donors (Lipinski definition) is 2. The molecule has 198 valence electrons. The predicted octanol–water partition coefficient (Wildman–Crippen LogP) is 4.21. The summed E-state index contributed by atoms with van der Waals surface area (Å²) >= 11 is 5.01. The van der Waals surface area contributed by atoms with E-state index in [1.165, 1.54) is 12.8 Å². The number of halogens is 1. The van der Waals surface area contributed by atoms with Crippen LogP contribution in [0.5, 0.6) is 11.5 Å². The number of amides is 1. The molecule has 1 amide bonds. The molecule has 2 bridgehead atoms. The van der Waals surface area contributed by atoms with Crippen molar-refractivity contribution < 1.29 is 19.7 Å². The van der Waals surface area contributed by atoms with Gasteiger partial charge >= 0.3 is 0 Å². The first kappa shape index (κ1) is 24.6. The van der Waals surface area contributed by atoms with Crippen molar-refractivity contribution in [2.45, 2.75) is 73.8 Å². The standard InChI is InChI=1S/C29H30BrN3O4S/c1-32(24(35)7-5-20-11-18(30)15-38-20)21-8-9-29(36)23-10-17-4-6-22(34)26-25(17)28(29,27(21)37-26)12-19(13-31)33(23)14-16-2-3-16/h4-7,11,15-16,19,21,23,27,34,36H,2-3,8-10,12,14H2,1H3/b7-5+/t19?,21-,23+,27-,28-,29+/m0/s1. The minimum Gasteiger partial charge on any atom is -0.504 e. The average molecular weight is 597 g/mol. The van der Waals surface area contributed by atoms with Crippen LogP contribution in [0.4, 0.5) is 0 Å². The number of ether oxygens (including phenoxy) is 1. The van der Waals surface area contributed by atoms with Gasteiger partial charge in [0.25, 0.3) is 0 Å². The first-order valence-corrected chi connectivity index (χ1v) is 15.0. The molecule has 2 aromatic rings. The van der Waals surface area contributed by atoms with E-state index in [1.807, 2.05) is 23.6 Å². The van der Waals surface area contributed by atoms with Gasteiger partial charge in [-0.2, -0.15) is 5.26 Å². The molecule has 2 aliphatic heterocycles. The Morgan fingerprint density at radius 2 is 2.21 bits per heavy atom. The van der Waals surface area contributed by atoms with Crippen molar-refractivity contribution in [3.8, 4) is 17.6 Å². The average Bonchev–Trinajstić information content (AvgIpc) is 3.51. The molecule has 2 saturated carbocycles. The molecular weight excluding hydrogens is 566 g/mol. The van der Waals surface area contributed by atoms with E-state index < -0.39 is 17.1 Å². The molecule has 1 saturated heterocycles. The molecule has 7 rings (SSSR count). The van der Waals surface area contributed by atoms with Gasteiger partial charge in [0.2, 0.25) is 5.91 Å². The predicted molar refractivity (Wildman–Crippen MR) is 147 cm³/mol. The fourth-order valence-electron chi connectivity index (χ4n) is 7.86. The molecule has 3 fully saturated rings. The van der Waals surface area contributed by atoms with Crippen molar-refractivity contribution in [3.63, 3.8) is 0 Å². The molecule has 1 aromatic carbocycles. The summed E-state index contributed by atoms with van der Waals surface area (Å²) in [5, 5.41) is 35.8. The lowest BCUT2D eigenvalue weighted by Gasteiger charge is -2.65. The molecule has 1 aromatic heterocycles. The topological polar surface area (TPSA) is 97.0 Å². The molecule has 1 spiro atoms. The molecule has 5 aliphatic rings. The number of carbonyl (C=O) groups excluding carboxylic acids is 1. The Morgan fingerprint density at radius 1 is 1.39 bits per heavy atom. The van der Waals surface area contributed by atoms with Gasteiger partial charge in [-0.15, -0.1) is 11.3 Å². The molecule has 0 radical (unpaired) electrons. The van der Waals surface area contributed by atoms with Crippen molar-refractivity contribution in [1.29, 1.82) is 5.26 Å². The number of carbonyl (C=O) groups is 1. The first-order valence-electron chi connectivity index (χ1n) is 13.4. The molecular formula is C29H30BrN3O4S. The Hall–Kier alpha value is -2.38. The fourth-order valence-corrected chi connectivity index (χ4v) is 9.20. The summed E-state index contributed by atoms with van der Waals surface area (Å²) in [5.41, 5.74) is -0.0348. The minimum absolute atomic E-state index is 0.0538. The molecule has 3 aliphatic carbocycles. The Morgan fingerprint density at radius 3 is 2.92 bits per heavy atom. The maximum atomic E-state index is 13.4. The number of nitriles is 1. The highest BCUT2D eigenvalue weighted by Gasteiger charge is 2.75. The zero-order valence-corrected chi connectivity index (χ0v) is 23.5. The summed E-state index contributed by atoms with van der Waals surface area (Å²) in [4.78, 5) is 18.3. The zero-order chi connectivity index (χ0) is 26.4. The van der Waals surface area contributed by atoms with Crippen LogP contribution < -0.4 is 4.74 Å². The number of thiophene rings is 1. The highest BCUT2D eigenvalue weighted by Crippen LogP contribution is 2.66. The van der Waals surface area contributed by atoms with Crippen LogP contribution >= 0.6 is 27.3 Å². The minimum atomic E-state index is -1.11. The number of nitrogens with zero attached hydrogens (tertiary/aromatic N) is 3. The summed E-state index contributed by atoms with van der Waals surface area (Å²) in [6.07, 6.45) is 7.35. The molecule has 6 atom stereocenters. The molecule has 1 unspecified atom stereocenters. The largest absolute Gasteiger partial charge is 0.504 e. The highest BCUT2D eigenvalue weighted by atomic mass is 79.9. The number of piperidine rings is 1. The number of aliphatic hydroxyl groups is 1. The Balaban J connectivity index is 1.30. The van der Waals surface area contributed by atoms with E-state index >= 15 is 0 Å². The summed E-state index contributed by atoms with van der Waals surface area (Å²) in [7, 11) is 1.79. The van der Waals surface area contributed by atoms with Crippen LogP contribution in [0, 0.1) is 17.2 Å². The second kappa shape index (κ2) is 8.56. The fraction of sp³-hybridized carbons (Fsp3) is 0.517. The molecule has 2 N–H and O–H groups in total. The third kappa shape index (κ3) is 3.33. The number of phenols is 1. The van der Waals surface area contributed by atoms with Crippen molar-refractivity contribution in [3.05, 3.63) is 50.1 Å². The number of rotatable bonds is 5. The number of phenolic OH excluding ortho intramolecular Hbond substituents is 1. The van der Waals surface area contributed by atoms with Gasteiger partial charge in [0.15, 0.2) is 11.5 Å². The van der Waals surface area contributed by atoms with Gasteiger partial charge < -0.3 is 19.8 Å². The van der Waals surface area contributed by atoms with Crippen LogP contribution in [-0.4, -0.2) is 69.3 Å². The Kier molecular flexibility index (Phi) is 5.55. The van der Waals surface area contributed by atoms with Crippen molar-refractivity contribution in [2.75, 3.05) is 13.6 Å². The van der Waals surface area contributed by atoms with E-state index in [-0.39, 0.29) is 29.8 Å². The second-order valence-electron chi connectivity index (χ2n) is 11.6. The third-order valence-corrected chi connectivity index (χ3v) is 11.4. The van der Waals surface area contributed by atoms with Gasteiger partial charge in [-0.25, -0.2) is 0 Å². The SMILES string of the molecule is CN(C(=O)/C=C/c1cc(Br)cs1)[C@H]1CC[C@@]2(O)[C@H]3Cc4ccc(O)c5c4[C@@]2(CC(C#N)N3CC2CC2)[C@H]1O5. The Bertz CT molecular complexity index is 1400. The monoisotopic (exact) mass is 595 g/mol. The van der Waals surface area contributed by atoms with Gasteiger partial charge in [-0.05, 0) is 84.1 Å². The molecule has 9 heteroatoms. The number of hydrogen-bond acceptors (Lipinski definition) is 7. The summed E-state index contributed by atoms with van der Waals surface area (Å²) in [5.74, 6) is 0.925. The molecule has 38 heavy (non-hydrogen) atoms. The smallest absolute Gasteiger partial charge is 0.246 e. The normalized spacial score (nSPS) is 35.0. The van der Waals surface area contributed by atoms with Gasteiger partial charge in [-0.1, -0.05) is 6.07 Å². The second-order valence-corrected chi connectivity index (χ2v) is 13.5. The summed E-state index contributed by atoms with van der Waals surface area (Å²) < 4.78 is 7.57. The van der Waals surface area contributed by atoms with Gasteiger partial charge in [0.1, 0.15) is 6.10 Å². The van der Waals surface area contributed by atoms with Crippen LogP contribution in [-0.2, 0) is 16.6 Å². The van der Waals surface area contributed by atoms with E-state index in [2.05, 4.69) is 26.9 Å². The number of likely N-dealkylation sites (N-methyl/N-ethyl adjacent to an activating group) is 1. The van der Waals surface area contributed by atoms with E-state index in [9.17, 15) is 20.3 Å². The van der Waals surface area contributed by atoms with E-state index in [0.717, 1.165) is 27.0 Å². The number of likely N-dealkylation sites (tertiary alicyclic amines) is 1. The van der Waals surface area contributed by atoms with Gasteiger partial charge in [0, 0.05) is 46.0 Å². The molecule has 3 heterocycles. The molecule has 7 nitrogen and oxygen atoms in total. The quantitative estimate of drug-likeness (QED) is 0.503. The van der Waals surface area contributed by atoms with Crippen LogP contribution in [0.3, 0.4) is 0 Å². The number of aromatic hydroxyl groups is 1. The highest BCUT2D eigenvalue weighted by molar-refractivity contribution is 9.10. The maximum absolute atomic E-state index is 13.4. The van der Waals surface area contributed by atoms with Crippen LogP contribution in [0.25, 0.3) is 6.08 Å². The summed E-state index contributed by atoms with van der Waals surface area (Å²) in [6.45, 7) is 0.832. The van der Waals surface area contributed by atoms with Crippen molar-refractivity contribution in [2.24, 2.45) is 5.92 Å². The van der Waals surface area contributed by atoms with E-state index in [0.29, 0.717) is 37.4 Å². The maximum Gasteiger partial charge on any atom is 0.246 e. The third-order valence-electron chi connectivity index (χ3n) is 9.76. The van der Waals surface area contributed by atoms with Crippen LogP contribution in [0.1, 0.15) is 48.1 Å². The van der Waals surface area contributed by atoms with Gasteiger partial charge in [0.05, 0.1) is 29.2 Å². The first-order chi connectivity index (χ1) is 18.3. The zero-order valence-electron chi connectivity index (χ0n) is 21.1. The number of benzene rings is 1. The van der Waals surface area contributed by atoms with Crippen molar-refractivity contribution >= 4 is 39.2 Å². The Labute approximate surface area is 234 Å². The van der Waals surface area contributed by atoms with E-state index in [4.69, 9.17) is 4.74 Å². The van der Waals surface area contributed by atoms with Crippen LogP contribution in [0.15, 0.2) is 34.1 Å². The van der Waals surface area contributed by atoms with Crippen LogP contribution in [0.2, 0.25) is 0 Å². The van der Waals surface area contributed by atoms with E-state index in [1.54, 1.807) is 35.4 Å². The lowest BCUT2D eigenvalue weighted by Crippen LogP contribution is -2.79. The van der Waals surface area contributed by atoms with Gasteiger partial charge in [-0.3, -0.25) is 9.69 Å². The lowest BCUT2D eigenvalue weighted by molar-refractivity contribution is -0.207.